The van der Waals surface area contributed by atoms with Gasteiger partial charge < -0.3 is 19.7 Å². The summed E-state index contributed by atoms with van der Waals surface area (Å²) in [5.74, 6) is -2.32. The second-order valence-corrected chi connectivity index (χ2v) is 13.0. The fourth-order valence-electron chi connectivity index (χ4n) is 4.47. The lowest BCUT2D eigenvalue weighted by Gasteiger charge is -2.36. The number of benzene rings is 1. The highest BCUT2D eigenvalue weighted by Gasteiger charge is 2.37. The molecule has 0 spiro atoms. The lowest BCUT2D eigenvalue weighted by atomic mass is 10.2. The van der Waals surface area contributed by atoms with E-state index in [1.807, 2.05) is 0 Å². The number of carbonyl (C=O) groups is 2. The van der Waals surface area contributed by atoms with Gasteiger partial charge in [-0.15, -0.1) is 0 Å². The number of ether oxygens (including phenoxy) is 2. The first-order valence-corrected chi connectivity index (χ1v) is 14.5. The highest BCUT2D eigenvalue weighted by molar-refractivity contribution is 7.91. The molecule has 1 aliphatic heterocycles. The van der Waals surface area contributed by atoms with Gasteiger partial charge in [-0.25, -0.2) is 27.0 Å². The van der Waals surface area contributed by atoms with Gasteiger partial charge in [0.05, 0.1) is 28.8 Å². The van der Waals surface area contributed by atoms with Crippen LogP contribution in [0.5, 0.6) is 5.75 Å². The Morgan fingerprint density at radius 3 is 2.50 bits per heavy atom. The fraction of sp³-hybridized carbons (Fsp3) is 0.444. The number of imidazole rings is 1. The zero-order chi connectivity index (χ0) is 29.4. The minimum absolute atomic E-state index is 0.0467. The van der Waals surface area contributed by atoms with Gasteiger partial charge in [-0.1, -0.05) is 6.07 Å². The number of pyridine rings is 1. The average Bonchev–Trinajstić information content (AvgIpc) is 3.16. The fourth-order valence-corrected chi connectivity index (χ4v) is 5.99. The maximum atomic E-state index is 14.1. The number of aryl methyl sites for hydroxylation is 2. The number of aromatic nitrogens is 2. The van der Waals surface area contributed by atoms with Crippen molar-refractivity contribution in [3.63, 3.8) is 0 Å². The first-order valence-electron chi connectivity index (χ1n) is 12.7. The molecule has 1 unspecified atom stereocenters. The van der Waals surface area contributed by atoms with Crippen molar-refractivity contribution in [2.75, 3.05) is 24.6 Å². The zero-order valence-electron chi connectivity index (χ0n) is 23.0. The molecule has 2 amide bonds. The number of hydrogen-bond acceptors (Lipinski definition) is 7. The van der Waals surface area contributed by atoms with E-state index in [1.165, 1.54) is 15.4 Å². The molecule has 1 aliphatic rings. The molecule has 0 bridgehead atoms. The molecule has 1 saturated heterocycles. The highest BCUT2D eigenvalue weighted by atomic mass is 32.2. The van der Waals surface area contributed by atoms with Gasteiger partial charge in [-0.2, -0.15) is 0 Å². The normalized spacial score (nSPS) is 17.1. The van der Waals surface area contributed by atoms with E-state index >= 15 is 0 Å². The van der Waals surface area contributed by atoms with Crippen molar-refractivity contribution >= 4 is 27.5 Å². The van der Waals surface area contributed by atoms with Crippen LogP contribution in [0.25, 0.3) is 5.65 Å². The summed E-state index contributed by atoms with van der Waals surface area (Å²) in [5, 5.41) is 2.73. The first kappa shape index (κ1) is 29.2. The Labute approximate surface area is 231 Å². The maximum absolute atomic E-state index is 14.1. The molecule has 1 fully saturated rings. The molecule has 1 atom stereocenters. The molecule has 0 radical (unpaired) electrons. The van der Waals surface area contributed by atoms with Crippen LogP contribution in [0.2, 0.25) is 0 Å². The largest absolute Gasteiger partial charge is 0.485 e. The van der Waals surface area contributed by atoms with E-state index in [-0.39, 0.29) is 53.9 Å². The van der Waals surface area contributed by atoms with E-state index in [1.54, 1.807) is 46.9 Å². The van der Waals surface area contributed by atoms with Crippen molar-refractivity contribution in [3.8, 4) is 5.75 Å². The minimum atomic E-state index is -3.42. The van der Waals surface area contributed by atoms with Gasteiger partial charge in [0, 0.05) is 19.3 Å². The molecule has 0 saturated carbocycles. The van der Waals surface area contributed by atoms with Gasteiger partial charge in [-0.3, -0.25) is 9.20 Å². The molecule has 1 aromatic carbocycles. The lowest BCUT2D eigenvalue weighted by Crippen LogP contribution is -2.56. The van der Waals surface area contributed by atoms with Crippen LogP contribution in [0.3, 0.4) is 0 Å². The van der Waals surface area contributed by atoms with Gasteiger partial charge in [-0.05, 0) is 58.4 Å². The summed E-state index contributed by atoms with van der Waals surface area (Å²) in [6.45, 7) is 7.95. The van der Waals surface area contributed by atoms with Crippen LogP contribution in [-0.4, -0.2) is 70.9 Å². The Morgan fingerprint density at radius 1 is 1.18 bits per heavy atom. The third-order valence-corrected chi connectivity index (χ3v) is 8.00. The van der Waals surface area contributed by atoms with Crippen molar-refractivity contribution in [1.82, 2.24) is 19.6 Å². The van der Waals surface area contributed by atoms with Crippen molar-refractivity contribution in [1.29, 1.82) is 0 Å². The van der Waals surface area contributed by atoms with Crippen molar-refractivity contribution < 1.29 is 36.3 Å². The highest BCUT2D eigenvalue weighted by Crippen LogP contribution is 2.26. The molecule has 216 valence electrons. The third kappa shape index (κ3) is 6.52. The van der Waals surface area contributed by atoms with Gasteiger partial charge in [0.25, 0.3) is 5.91 Å². The Bertz CT molecular complexity index is 1540. The molecule has 13 heteroatoms. The smallest absolute Gasteiger partial charge is 0.410 e. The predicted octanol–water partition coefficient (Wildman–Crippen LogP) is 3.57. The van der Waals surface area contributed by atoms with Crippen molar-refractivity contribution in [2.24, 2.45) is 0 Å². The topological polar surface area (TPSA) is 119 Å². The molecular formula is C27H32F2N4O6S. The summed E-state index contributed by atoms with van der Waals surface area (Å²) in [7, 11) is -3.42. The number of nitrogens with one attached hydrogen (secondary N) is 1. The number of halogens is 2. The monoisotopic (exact) mass is 578 g/mol. The predicted molar refractivity (Wildman–Crippen MR) is 143 cm³/mol. The van der Waals surface area contributed by atoms with E-state index in [2.05, 4.69) is 10.3 Å². The summed E-state index contributed by atoms with van der Waals surface area (Å²) in [4.78, 5) is 31.9. The standard InChI is InChI=1S/C27H32F2N4O6S/c1-16-11-22(38-14-19-20(28)7-6-8-21(19)29)24-31-17(2)23(33(24)13-16)25(34)30-12-18-15-40(36,37)10-9-32(18)26(35)39-27(3,4)5/h6-8,11,13,18H,9-10,12,14-15H2,1-5H3,(H,30,34). The SMILES string of the molecule is Cc1cc(OCc2c(F)cccc2F)c2nc(C)c(C(=O)NCC3CS(=O)(=O)CCN3C(=O)OC(C)(C)C)n2c1. The van der Waals surface area contributed by atoms with E-state index in [9.17, 15) is 26.8 Å². The van der Waals surface area contributed by atoms with Crippen LogP contribution in [0, 0.1) is 25.5 Å². The average molecular weight is 579 g/mol. The van der Waals surface area contributed by atoms with Crippen LogP contribution in [0.1, 0.15) is 48.1 Å². The molecule has 10 nitrogen and oxygen atoms in total. The number of hydrogen-bond donors (Lipinski definition) is 1. The van der Waals surface area contributed by atoms with Gasteiger partial charge >= 0.3 is 6.09 Å². The molecule has 3 aromatic rings. The van der Waals surface area contributed by atoms with Crippen LogP contribution >= 0.6 is 0 Å². The van der Waals surface area contributed by atoms with Gasteiger partial charge in [0.1, 0.15) is 29.5 Å². The summed E-state index contributed by atoms with van der Waals surface area (Å²) in [6.07, 6.45) is 1.01. The second-order valence-electron chi connectivity index (χ2n) is 10.8. The molecule has 3 heterocycles. The van der Waals surface area contributed by atoms with Crippen molar-refractivity contribution in [2.45, 2.75) is 52.9 Å². The Morgan fingerprint density at radius 2 is 1.85 bits per heavy atom. The van der Waals surface area contributed by atoms with Crippen LogP contribution in [0.15, 0.2) is 30.5 Å². The molecule has 2 aromatic heterocycles. The molecule has 0 aliphatic carbocycles. The Hall–Kier alpha value is -3.74. The number of nitrogens with zero attached hydrogens (tertiary/aromatic N) is 3. The summed E-state index contributed by atoms with van der Waals surface area (Å²) >= 11 is 0. The quantitative estimate of drug-likeness (QED) is 0.475. The zero-order valence-corrected chi connectivity index (χ0v) is 23.8. The number of carbonyl (C=O) groups excluding carboxylic acids is 2. The number of rotatable bonds is 6. The van der Waals surface area contributed by atoms with Crippen LogP contribution in [-0.2, 0) is 21.2 Å². The lowest BCUT2D eigenvalue weighted by molar-refractivity contribution is 0.0182. The second kappa shape index (κ2) is 11.0. The summed E-state index contributed by atoms with van der Waals surface area (Å²) in [6, 6.07) is 4.35. The first-order chi connectivity index (χ1) is 18.6. The minimum Gasteiger partial charge on any atom is -0.485 e. The van der Waals surface area contributed by atoms with E-state index in [4.69, 9.17) is 9.47 Å². The number of amides is 2. The Kier molecular flexibility index (Phi) is 8.06. The number of sulfone groups is 1. The van der Waals surface area contributed by atoms with Gasteiger partial charge in [0.2, 0.25) is 0 Å². The van der Waals surface area contributed by atoms with E-state index < -0.39 is 45.1 Å². The Balaban J connectivity index is 1.56. The molecule has 1 N–H and O–H groups in total. The van der Waals surface area contributed by atoms with Crippen molar-refractivity contribution in [3.05, 3.63) is 64.6 Å². The summed E-state index contributed by atoms with van der Waals surface area (Å²) < 4.78 is 65.5. The molecule has 40 heavy (non-hydrogen) atoms. The van der Waals surface area contributed by atoms with Crippen LogP contribution < -0.4 is 10.1 Å². The van der Waals surface area contributed by atoms with Crippen LogP contribution in [0.4, 0.5) is 13.6 Å². The van der Waals surface area contributed by atoms with E-state index in [0.717, 1.165) is 12.1 Å². The third-order valence-electron chi connectivity index (χ3n) is 6.30. The van der Waals surface area contributed by atoms with E-state index in [0.29, 0.717) is 11.3 Å². The molecular weight excluding hydrogens is 546 g/mol. The number of fused-ring (bicyclic) bond motifs is 1. The maximum Gasteiger partial charge on any atom is 0.410 e. The summed E-state index contributed by atoms with van der Waals surface area (Å²) in [5.41, 5.74) is 0.469. The molecule has 4 rings (SSSR count). The van der Waals surface area contributed by atoms with Gasteiger partial charge in [0.15, 0.2) is 21.2 Å².